The molecule has 4 aromatic carbocycles. The molecule has 0 N–H and O–H groups in total. The van der Waals surface area contributed by atoms with Crippen molar-refractivity contribution in [2.75, 3.05) is 76.4 Å². The summed E-state index contributed by atoms with van der Waals surface area (Å²) in [6.07, 6.45) is 0. The summed E-state index contributed by atoms with van der Waals surface area (Å²) in [6.45, 7) is 24.6. The fourth-order valence-electron chi connectivity index (χ4n) is 9.44. The van der Waals surface area contributed by atoms with Crippen molar-refractivity contribution in [3.05, 3.63) is 143 Å². The van der Waals surface area contributed by atoms with E-state index in [1.165, 1.54) is 14.2 Å². The summed E-state index contributed by atoms with van der Waals surface area (Å²) in [7, 11) is 12.7. The van der Waals surface area contributed by atoms with Gasteiger partial charge in [-0.3, -0.25) is 0 Å². The van der Waals surface area contributed by atoms with E-state index in [0.29, 0.717) is 11.1 Å². The van der Waals surface area contributed by atoms with Gasteiger partial charge in [0.05, 0.1) is 37.5 Å². The van der Waals surface area contributed by atoms with Crippen LogP contribution in [0.25, 0.3) is 66.8 Å². The monoisotopic (exact) mass is 1120 g/mol. The van der Waals surface area contributed by atoms with Crippen LogP contribution in [0.15, 0.2) is 130 Å². The van der Waals surface area contributed by atoms with Crippen molar-refractivity contribution in [1.29, 1.82) is 0 Å². The second kappa shape index (κ2) is 28.9. The first kappa shape index (κ1) is 60.1. The third-order valence-electron chi connectivity index (χ3n) is 13.1. The number of methoxy groups -OCH3 is 2. The molecule has 0 radical (unpaired) electrons. The Balaban J connectivity index is 0.000000293. The molecule has 2 aliphatic carbocycles. The van der Waals surface area contributed by atoms with E-state index in [4.69, 9.17) is 37.7 Å². The van der Waals surface area contributed by atoms with Gasteiger partial charge in [0.2, 0.25) is 10.7 Å². The van der Waals surface area contributed by atoms with Gasteiger partial charge in [0.15, 0.2) is 0 Å². The number of carbonyl (C=O) groups is 2. The maximum atomic E-state index is 12.7. The maximum absolute atomic E-state index is 12.7. The third kappa shape index (κ3) is 13.3. The van der Waals surface area contributed by atoms with Gasteiger partial charge >= 0.3 is 46.5 Å². The minimum absolute atomic E-state index is 0. The number of halogens is 4. The van der Waals surface area contributed by atoms with Crippen molar-refractivity contribution >= 4 is 64.6 Å². The van der Waals surface area contributed by atoms with Crippen molar-refractivity contribution < 1.29 is 67.9 Å². The molecule has 10 nitrogen and oxygen atoms in total. The number of benzene rings is 6. The average Bonchev–Trinajstić information content (AvgIpc) is 3.40. The molecule has 8 rings (SSSR count). The molecule has 73 heavy (non-hydrogen) atoms. The minimum atomic E-state index is -0.931. The Kier molecular flexibility index (Phi) is 23.8. The first-order chi connectivity index (χ1) is 34.5. The molecule has 0 aromatic heterocycles. The molecular weight excluding hydrogens is 1060 g/mol. The third-order valence-corrected chi connectivity index (χ3v) is 13.1. The van der Waals surface area contributed by atoms with Gasteiger partial charge in [-0.1, -0.05) is 36.4 Å². The number of fused-ring (bicyclic) bond motifs is 4. The number of rotatable bonds is 14. The Morgan fingerprint density at radius 3 is 1.15 bits per heavy atom. The van der Waals surface area contributed by atoms with Crippen LogP contribution < -0.4 is 54.5 Å². The SMILES string of the molecule is CCN(CC)c1ccc2c(-c3ccccc3C(=O)OC)c3ccc(=[N+](CC)CC)cc-3oc2c1.CCN(CC)c1ccc2c(-c3ccccc3C(=O)OC)c3ccc(=[N+](CC)CC)cc-3oc2c1.[Cl-].[Cl-].[Cl][Zn][Cl]. The Bertz CT molecular complexity index is 2980. The second-order valence-electron chi connectivity index (χ2n) is 16.5. The predicted octanol–water partition coefficient (Wildman–Crippen LogP) is 6.68. The number of esters is 2. The van der Waals surface area contributed by atoms with Crippen LogP contribution in [-0.4, -0.2) is 78.5 Å². The Morgan fingerprint density at radius 2 is 0.836 bits per heavy atom. The number of anilines is 2. The molecule has 0 amide bonds. The zero-order chi connectivity index (χ0) is 51.2. The van der Waals surface area contributed by atoms with Gasteiger partial charge in [-0.15, -0.1) is 0 Å². The van der Waals surface area contributed by atoms with Gasteiger partial charge in [0.25, 0.3) is 0 Å². The van der Waals surface area contributed by atoms with Gasteiger partial charge < -0.3 is 52.9 Å². The van der Waals surface area contributed by atoms with Crippen LogP contribution in [0.2, 0.25) is 0 Å². The second-order valence-corrected chi connectivity index (χ2v) is 21.2. The van der Waals surface area contributed by atoms with Gasteiger partial charge in [-0.2, -0.15) is 0 Å². The molecule has 0 spiro atoms. The first-order valence-electron chi connectivity index (χ1n) is 24.7. The molecule has 0 unspecified atom stereocenters. The van der Waals surface area contributed by atoms with Crippen molar-refractivity contribution in [1.82, 2.24) is 9.15 Å². The molecule has 15 heteroatoms. The van der Waals surface area contributed by atoms with Gasteiger partial charge in [-0.05, 0) is 115 Å². The fourth-order valence-corrected chi connectivity index (χ4v) is 9.44. The molecular formula is C58H66Cl4N4O6Zn. The van der Waals surface area contributed by atoms with E-state index in [9.17, 15) is 9.59 Å². The van der Waals surface area contributed by atoms with E-state index in [-0.39, 0.29) is 36.8 Å². The topological polar surface area (TPSA) is 91.4 Å². The molecule has 0 fully saturated rings. The Morgan fingerprint density at radius 1 is 0.493 bits per heavy atom. The normalized spacial score (nSPS) is 10.5. The van der Waals surface area contributed by atoms with Crippen LogP contribution in [-0.2, 0) is 24.6 Å². The first-order valence-corrected chi connectivity index (χ1v) is 32.5. The number of hydrogen-bond acceptors (Lipinski definition) is 8. The van der Waals surface area contributed by atoms with Crippen LogP contribution in [0, 0.1) is 0 Å². The Hall–Kier alpha value is -5.42. The number of hydrogen-bond donors (Lipinski definition) is 0. The number of ether oxygens (including phenoxy) is 2. The quantitative estimate of drug-likeness (QED) is 0.0516. The molecule has 4 aromatic rings. The zero-order valence-corrected chi connectivity index (χ0v) is 49.7. The summed E-state index contributed by atoms with van der Waals surface area (Å²) >= 11 is -0.931. The van der Waals surface area contributed by atoms with E-state index in [1.807, 2.05) is 48.5 Å². The van der Waals surface area contributed by atoms with Crippen LogP contribution in [0.4, 0.5) is 11.4 Å². The van der Waals surface area contributed by atoms with Crippen molar-refractivity contribution in [3.8, 4) is 44.9 Å². The molecule has 384 valence electrons. The van der Waals surface area contributed by atoms with Crippen LogP contribution in [0.1, 0.15) is 76.1 Å². The number of nitrogens with zero attached hydrogens (tertiary/aromatic N) is 4. The van der Waals surface area contributed by atoms with E-state index in [1.54, 1.807) is 0 Å². The Labute approximate surface area is 458 Å². The molecule has 0 atom stereocenters. The van der Waals surface area contributed by atoms with Crippen LogP contribution in [0.3, 0.4) is 0 Å². The summed E-state index contributed by atoms with van der Waals surface area (Å²) in [5, 5.41) is 4.17. The molecule has 0 bridgehead atoms. The predicted molar refractivity (Wildman–Crippen MR) is 291 cm³/mol. The van der Waals surface area contributed by atoms with E-state index >= 15 is 0 Å². The van der Waals surface area contributed by atoms with E-state index in [2.05, 4.69) is 147 Å². The molecule has 2 aliphatic heterocycles. The van der Waals surface area contributed by atoms with Gasteiger partial charge in [0, 0.05) is 94.8 Å². The van der Waals surface area contributed by atoms with Crippen LogP contribution >= 0.6 is 19.4 Å². The summed E-state index contributed by atoms with van der Waals surface area (Å²) in [5.41, 5.74) is 10.5. The van der Waals surface area contributed by atoms with Crippen LogP contribution in [0.5, 0.6) is 0 Å². The van der Waals surface area contributed by atoms with Gasteiger partial charge in [-0.25, -0.2) is 18.7 Å². The van der Waals surface area contributed by atoms with Crippen molar-refractivity contribution in [2.45, 2.75) is 55.4 Å². The average molecular weight is 1120 g/mol. The molecule has 0 saturated carbocycles. The molecule has 2 heterocycles. The van der Waals surface area contributed by atoms with Gasteiger partial charge in [0.1, 0.15) is 48.9 Å². The molecule has 4 aliphatic rings. The summed E-state index contributed by atoms with van der Waals surface area (Å²) in [5.74, 6) is 0.890. The zero-order valence-electron chi connectivity index (χ0n) is 43.7. The van der Waals surface area contributed by atoms with E-state index < -0.39 is 15.1 Å². The van der Waals surface area contributed by atoms with Crippen molar-refractivity contribution in [2.24, 2.45) is 0 Å². The summed E-state index contributed by atoms with van der Waals surface area (Å²) < 4.78 is 27.9. The number of carbonyl (C=O) groups excluding carboxylic acids is 2. The summed E-state index contributed by atoms with van der Waals surface area (Å²) in [6, 6.07) is 40.6. The van der Waals surface area contributed by atoms with Crippen molar-refractivity contribution in [3.63, 3.8) is 0 Å². The fraction of sp³-hybridized carbons (Fsp3) is 0.310. The standard InChI is InChI=1S/2C29H33N2O3.4ClH.Zn/c2*1-6-30(7-2)20-14-16-24-26(18-20)34-27-19-21(31(8-3)9-4)15-17-25(27)28(24)22-12-10-11-13-23(22)29(32)33-5;;;;;/h2*10-19H,6-9H2,1-5H3;4*1H;/q2*+1;;;;;+2/p-4. The van der Waals surface area contributed by atoms with E-state index in [0.717, 1.165) is 141 Å². The summed E-state index contributed by atoms with van der Waals surface area (Å²) in [4.78, 5) is 29.9. The molecule has 0 saturated heterocycles.